The molecule has 0 atom stereocenters. The van der Waals surface area contributed by atoms with Crippen molar-refractivity contribution in [2.75, 3.05) is 5.32 Å². The second-order valence-electron chi connectivity index (χ2n) is 3.02. The number of benzene rings is 1. The zero-order valence-corrected chi connectivity index (χ0v) is 10.4. The molecular weight excluding hydrogens is 276 g/mol. The maximum Gasteiger partial charge on any atom is 0.224 e. The number of hydrogen-bond acceptors (Lipinski definition) is 2. The molecule has 3 nitrogen and oxygen atoms in total. The Morgan fingerprint density at radius 3 is 2.80 bits per heavy atom. The minimum absolute atomic E-state index is 0.0825. The van der Waals surface area contributed by atoms with Gasteiger partial charge in [-0.15, -0.1) is 0 Å². The Bertz CT molecular complexity index is 381. The number of rotatable bonds is 4. The summed E-state index contributed by atoms with van der Waals surface area (Å²) in [7, 11) is 0. The van der Waals surface area contributed by atoms with Gasteiger partial charge in [-0.2, -0.15) is 0 Å². The minimum atomic E-state index is -0.0825. The molecule has 0 aliphatic rings. The highest BCUT2D eigenvalue weighted by molar-refractivity contribution is 9.10. The predicted octanol–water partition coefficient (Wildman–Crippen LogP) is 2.45. The van der Waals surface area contributed by atoms with Crippen LogP contribution < -0.4 is 11.1 Å². The molecule has 1 amide bonds. The van der Waals surface area contributed by atoms with Gasteiger partial charge in [0.05, 0.1) is 4.99 Å². The van der Waals surface area contributed by atoms with Gasteiger partial charge in [0.15, 0.2) is 0 Å². The van der Waals surface area contributed by atoms with Crippen LogP contribution in [0.4, 0.5) is 5.69 Å². The van der Waals surface area contributed by atoms with Crippen LogP contribution in [0.15, 0.2) is 28.7 Å². The van der Waals surface area contributed by atoms with Gasteiger partial charge >= 0.3 is 0 Å². The summed E-state index contributed by atoms with van der Waals surface area (Å²) in [5.74, 6) is -0.0825. The van der Waals surface area contributed by atoms with E-state index in [1.54, 1.807) is 0 Å². The molecule has 0 saturated heterocycles. The zero-order valence-electron chi connectivity index (χ0n) is 8.00. The predicted molar refractivity (Wildman–Crippen MR) is 68.8 cm³/mol. The topological polar surface area (TPSA) is 55.1 Å². The highest BCUT2D eigenvalue weighted by Crippen LogP contribution is 2.15. The summed E-state index contributed by atoms with van der Waals surface area (Å²) in [6, 6.07) is 7.40. The van der Waals surface area contributed by atoms with E-state index in [4.69, 9.17) is 5.73 Å². The van der Waals surface area contributed by atoms with Crippen molar-refractivity contribution in [2.45, 2.75) is 12.8 Å². The number of carbonyl (C=O) groups excluding carboxylic acids is 1. The SMILES string of the molecule is NC(=S)CCC(=O)Nc1cccc(Br)c1. The molecule has 0 unspecified atom stereocenters. The molecule has 0 heterocycles. The molecule has 0 bridgehead atoms. The number of nitrogens with one attached hydrogen (secondary N) is 1. The van der Waals surface area contributed by atoms with E-state index >= 15 is 0 Å². The van der Waals surface area contributed by atoms with Crippen molar-refractivity contribution in [1.82, 2.24) is 0 Å². The van der Waals surface area contributed by atoms with Crippen LogP contribution in [0, 0.1) is 0 Å². The van der Waals surface area contributed by atoms with Gasteiger partial charge in [-0.05, 0) is 18.2 Å². The van der Waals surface area contributed by atoms with Crippen LogP contribution in [0.25, 0.3) is 0 Å². The van der Waals surface area contributed by atoms with Crippen molar-refractivity contribution in [2.24, 2.45) is 5.73 Å². The molecule has 0 aromatic heterocycles. The van der Waals surface area contributed by atoms with Crippen molar-refractivity contribution in [3.8, 4) is 0 Å². The average Bonchev–Trinajstić information content (AvgIpc) is 2.15. The largest absolute Gasteiger partial charge is 0.393 e. The third kappa shape index (κ3) is 4.90. The number of carbonyl (C=O) groups is 1. The van der Waals surface area contributed by atoms with Crippen molar-refractivity contribution in [1.29, 1.82) is 0 Å². The second-order valence-corrected chi connectivity index (χ2v) is 4.46. The minimum Gasteiger partial charge on any atom is -0.393 e. The lowest BCUT2D eigenvalue weighted by Crippen LogP contribution is -2.15. The molecule has 1 aromatic carbocycles. The normalized spacial score (nSPS) is 9.67. The van der Waals surface area contributed by atoms with Crippen LogP contribution in [-0.4, -0.2) is 10.9 Å². The summed E-state index contributed by atoms with van der Waals surface area (Å²) in [6.45, 7) is 0. The summed E-state index contributed by atoms with van der Waals surface area (Å²) in [6.07, 6.45) is 0.761. The lowest BCUT2D eigenvalue weighted by atomic mass is 10.2. The lowest BCUT2D eigenvalue weighted by molar-refractivity contribution is -0.116. The highest BCUT2D eigenvalue weighted by Gasteiger charge is 2.02. The van der Waals surface area contributed by atoms with Gasteiger partial charge in [-0.3, -0.25) is 4.79 Å². The Balaban J connectivity index is 2.48. The molecule has 3 N–H and O–H groups in total. The Labute approximate surface area is 102 Å². The smallest absolute Gasteiger partial charge is 0.224 e. The lowest BCUT2D eigenvalue weighted by Gasteiger charge is -2.04. The number of hydrogen-bond donors (Lipinski definition) is 2. The molecule has 15 heavy (non-hydrogen) atoms. The molecule has 0 aliphatic carbocycles. The molecule has 80 valence electrons. The molecule has 0 saturated carbocycles. The highest BCUT2D eigenvalue weighted by atomic mass is 79.9. The van der Waals surface area contributed by atoms with Crippen LogP contribution in [0.5, 0.6) is 0 Å². The van der Waals surface area contributed by atoms with Gasteiger partial charge in [0.1, 0.15) is 0 Å². The average molecular weight is 287 g/mol. The fraction of sp³-hybridized carbons (Fsp3) is 0.200. The number of thiocarbonyl (C=S) groups is 1. The summed E-state index contributed by atoms with van der Waals surface area (Å²) < 4.78 is 0.926. The number of anilines is 1. The molecule has 5 heteroatoms. The Hall–Kier alpha value is -0.940. The van der Waals surface area contributed by atoms with Crippen LogP contribution >= 0.6 is 28.1 Å². The van der Waals surface area contributed by atoms with Gasteiger partial charge < -0.3 is 11.1 Å². The van der Waals surface area contributed by atoms with Gasteiger partial charge in [-0.25, -0.2) is 0 Å². The van der Waals surface area contributed by atoms with Crippen LogP contribution in [0.1, 0.15) is 12.8 Å². The van der Waals surface area contributed by atoms with Crippen molar-refractivity contribution >= 4 is 44.7 Å². The molecule has 0 aliphatic heterocycles. The first kappa shape index (κ1) is 12.1. The van der Waals surface area contributed by atoms with E-state index in [0.717, 1.165) is 10.2 Å². The Morgan fingerprint density at radius 2 is 2.20 bits per heavy atom. The number of amides is 1. The van der Waals surface area contributed by atoms with Crippen LogP contribution in [-0.2, 0) is 4.79 Å². The van der Waals surface area contributed by atoms with Crippen molar-refractivity contribution in [3.05, 3.63) is 28.7 Å². The van der Waals surface area contributed by atoms with Gasteiger partial charge in [0.25, 0.3) is 0 Å². The van der Waals surface area contributed by atoms with E-state index in [1.165, 1.54) is 0 Å². The van der Waals surface area contributed by atoms with Gasteiger partial charge in [0.2, 0.25) is 5.91 Å². The summed E-state index contributed by atoms with van der Waals surface area (Å²) in [4.78, 5) is 11.7. The quantitative estimate of drug-likeness (QED) is 0.836. The molecule has 1 rings (SSSR count). The summed E-state index contributed by atoms with van der Waals surface area (Å²) >= 11 is 8.01. The molecule has 0 fully saturated rings. The standard InChI is InChI=1S/C10H11BrN2OS/c11-7-2-1-3-8(6-7)13-10(14)5-4-9(12)15/h1-3,6H,4-5H2,(H2,12,15)(H,13,14). The van der Waals surface area contributed by atoms with E-state index in [0.29, 0.717) is 17.8 Å². The number of halogens is 1. The van der Waals surface area contributed by atoms with Gasteiger partial charge in [-0.1, -0.05) is 34.2 Å². The first-order valence-corrected chi connectivity index (χ1v) is 5.62. The first-order valence-electron chi connectivity index (χ1n) is 4.41. The molecular formula is C10H11BrN2OS. The second kappa shape index (κ2) is 5.82. The zero-order chi connectivity index (χ0) is 11.3. The Kier molecular flexibility index (Phi) is 4.71. The summed E-state index contributed by atoms with van der Waals surface area (Å²) in [5, 5.41) is 2.75. The maximum absolute atomic E-state index is 11.4. The first-order chi connectivity index (χ1) is 7.08. The van der Waals surface area contributed by atoms with Crippen LogP contribution in [0.3, 0.4) is 0 Å². The van der Waals surface area contributed by atoms with E-state index in [9.17, 15) is 4.79 Å². The monoisotopic (exact) mass is 286 g/mol. The molecule has 0 spiro atoms. The fourth-order valence-corrected chi connectivity index (χ4v) is 1.53. The van der Waals surface area contributed by atoms with E-state index in [2.05, 4.69) is 33.5 Å². The fourth-order valence-electron chi connectivity index (χ4n) is 1.03. The number of nitrogens with two attached hydrogens (primary N) is 1. The van der Waals surface area contributed by atoms with Crippen LogP contribution in [0.2, 0.25) is 0 Å². The van der Waals surface area contributed by atoms with E-state index in [-0.39, 0.29) is 5.91 Å². The van der Waals surface area contributed by atoms with Crippen molar-refractivity contribution in [3.63, 3.8) is 0 Å². The molecule has 1 aromatic rings. The van der Waals surface area contributed by atoms with Crippen molar-refractivity contribution < 1.29 is 4.79 Å². The van der Waals surface area contributed by atoms with Gasteiger partial charge in [0, 0.05) is 23.0 Å². The third-order valence-corrected chi connectivity index (χ3v) is 2.40. The molecule has 0 radical (unpaired) electrons. The third-order valence-electron chi connectivity index (χ3n) is 1.71. The van der Waals surface area contributed by atoms with E-state index in [1.807, 2.05) is 24.3 Å². The van der Waals surface area contributed by atoms with E-state index < -0.39 is 0 Å². The Morgan fingerprint density at radius 1 is 1.47 bits per heavy atom. The maximum atomic E-state index is 11.4. The summed E-state index contributed by atoms with van der Waals surface area (Å²) in [5.41, 5.74) is 6.06.